The summed E-state index contributed by atoms with van der Waals surface area (Å²) in [5.74, 6) is -0.190. The lowest BCUT2D eigenvalue weighted by atomic mass is 10.2. The molecule has 1 N–H and O–H groups in total. The number of halogens is 1. The van der Waals surface area contributed by atoms with Gasteiger partial charge >= 0.3 is 0 Å². The highest BCUT2D eigenvalue weighted by molar-refractivity contribution is 14.1. The van der Waals surface area contributed by atoms with Crippen molar-refractivity contribution in [3.05, 3.63) is 51.6 Å². The molecule has 7 nitrogen and oxygen atoms in total. The molecule has 3 rings (SSSR count). The molecule has 144 valence electrons. The van der Waals surface area contributed by atoms with Gasteiger partial charge in [-0.1, -0.05) is 0 Å². The molecule has 0 radical (unpaired) electrons. The second-order valence-electron chi connectivity index (χ2n) is 5.84. The van der Waals surface area contributed by atoms with Gasteiger partial charge in [0.25, 0.3) is 5.91 Å². The van der Waals surface area contributed by atoms with E-state index < -0.39 is 15.9 Å². The van der Waals surface area contributed by atoms with Crippen LogP contribution in [0.25, 0.3) is 0 Å². The third-order valence-corrected chi connectivity index (χ3v) is 6.75. The number of anilines is 1. The van der Waals surface area contributed by atoms with Gasteiger partial charge < -0.3 is 14.8 Å². The Morgan fingerprint density at radius 1 is 1.15 bits per heavy atom. The van der Waals surface area contributed by atoms with Crippen molar-refractivity contribution in [1.29, 1.82) is 0 Å². The van der Waals surface area contributed by atoms with Crippen molar-refractivity contribution < 1.29 is 22.7 Å². The number of sulfonamides is 1. The number of hydrogen-bond acceptors (Lipinski definition) is 5. The minimum Gasteiger partial charge on any atom is -0.495 e. The van der Waals surface area contributed by atoms with E-state index in [0.717, 1.165) is 3.57 Å². The second kappa shape index (κ2) is 8.55. The van der Waals surface area contributed by atoms with Crippen molar-refractivity contribution in [1.82, 2.24) is 4.31 Å². The summed E-state index contributed by atoms with van der Waals surface area (Å²) in [5.41, 5.74) is 0.870. The predicted molar refractivity (Wildman–Crippen MR) is 110 cm³/mol. The van der Waals surface area contributed by atoms with Crippen molar-refractivity contribution in [3.63, 3.8) is 0 Å². The molecule has 0 aliphatic carbocycles. The zero-order valence-electron chi connectivity index (χ0n) is 14.6. The van der Waals surface area contributed by atoms with Gasteiger partial charge in [0.1, 0.15) is 10.6 Å². The number of methoxy groups -OCH3 is 1. The predicted octanol–water partition coefficient (Wildman–Crippen LogP) is 2.57. The summed E-state index contributed by atoms with van der Waals surface area (Å²) in [4.78, 5) is 12.5. The summed E-state index contributed by atoms with van der Waals surface area (Å²) in [7, 11) is -2.39. The van der Waals surface area contributed by atoms with E-state index in [1.165, 1.54) is 23.5 Å². The number of rotatable bonds is 5. The number of carbonyl (C=O) groups is 1. The molecule has 1 amide bonds. The van der Waals surface area contributed by atoms with Crippen molar-refractivity contribution in [3.8, 4) is 5.75 Å². The van der Waals surface area contributed by atoms with Crippen LogP contribution in [0.2, 0.25) is 0 Å². The standard InChI is InChI=1S/C18H19IN2O5S/c1-25-16-7-2-13(18(22)20-15-5-3-14(19)4-6-15)12-17(16)27(23,24)21-8-10-26-11-9-21/h2-7,12H,8-11H2,1H3,(H,20,22). The fraction of sp³-hybridized carbons (Fsp3) is 0.278. The van der Waals surface area contributed by atoms with Crippen LogP contribution in [0.5, 0.6) is 5.75 Å². The van der Waals surface area contributed by atoms with Crippen molar-refractivity contribution in [2.24, 2.45) is 0 Å². The number of amides is 1. The number of ether oxygens (including phenoxy) is 2. The van der Waals surface area contributed by atoms with Gasteiger partial charge in [-0.25, -0.2) is 8.42 Å². The summed E-state index contributed by atoms with van der Waals surface area (Å²) in [5, 5.41) is 2.77. The van der Waals surface area contributed by atoms with Crippen LogP contribution in [-0.2, 0) is 14.8 Å². The highest BCUT2D eigenvalue weighted by atomic mass is 127. The Morgan fingerprint density at radius 3 is 2.44 bits per heavy atom. The van der Waals surface area contributed by atoms with E-state index in [0.29, 0.717) is 18.9 Å². The highest BCUT2D eigenvalue weighted by Gasteiger charge is 2.30. The summed E-state index contributed by atoms with van der Waals surface area (Å²) in [6, 6.07) is 11.7. The first-order chi connectivity index (χ1) is 12.9. The average Bonchev–Trinajstić information content (AvgIpc) is 2.69. The number of benzene rings is 2. The van der Waals surface area contributed by atoms with Crippen LogP contribution in [0, 0.1) is 3.57 Å². The molecule has 27 heavy (non-hydrogen) atoms. The molecular weight excluding hydrogens is 483 g/mol. The van der Waals surface area contributed by atoms with Crippen molar-refractivity contribution in [2.45, 2.75) is 4.90 Å². The van der Waals surface area contributed by atoms with Crippen LogP contribution in [-0.4, -0.2) is 52.0 Å². The topological polar surface area (TPSA) is 84.9 Å². The van der Waals surface area contributed by atoms with Crippen molar-refractivity contribution in [2.75, 3.05) is 38.7 Å². The molecule has 0 atom stereocenters. The largest absolute Gasteiger partial charge is 0.495 e. The number of hydrogen-bond donors (Lipinski definition) is 1. The maximum Gasteiger partial charge on any atom is 0.255 e. The monoisotopic (exact) mass is 502 g/mol. The van der Waals surface area contributed by atoms with Gasteiger partial charge in [-0.3, -0.25) is 4.79 Å². The molecule has 1 fully saturated rings. The normalized spacial score (nSPS) is 15.3. The van der Waals surface area contributed by atoms with Crippen molar-refractivity contribution >= 4 is 44.2 Å². The lowest BCUT2D eigenvalue weighted by Crippen LogP contribution is -2.40. The van der Waals surface area contributed by atoms with E-state index in [4.69, 9.17) is 9.47 Å². The first-order valence-corrected chi connectivity index (χ1v) is 10.8. The molecule has 1 saturated heterocycles. The molecule has 1 heterocycles. The molecule has 2 aromatic rings. The van der Waals surface area contributed by atoms with Gasteiger partial charge in [0.05, 0.1) is 20.3 Å². The van der Waals surface area contributed by atoms with E-state index in [-0.39, 0.29) is 29.3 Å². The Hall–Kier alpha value is -1.69. The third-order valence-electron chi connectivity index (χ3n) is 4.12. The third kappa shape index (κ3) is 4.60. The van der Waals surface area contributed by atoms with E-state index in [2.05, 4.69) is 27.9 Å². The highest BCUT2D eigenvalue weighted by Crippen LogP contribution is 2.28. The Kier molecular flexibility index (Phi) is 6.35. The molecule has 0 spiro atoms. The molecule has 9 heteroatoms. The molecule has 2 aromatic carbocycles. The molecule has 1 aliphatic rings. The van der Waals surface area contributed by atoms with Crippen LogP contribution in [0.3, 0.4) is 0 Å². The summed E-state index contributed by atoms with van der Waals surface area (Å²) >= 11 is 2.18. The molecule has 0 bridgehead atoms. The van der Waals surface area contributed by atoms with E-state index in [1.54, 1.807) is 18.2 Å². The van der Waals surface area contributed by atoms with Gasteiger partial charge in [0.2, 0.25) is 10.0 Å². The minimum absolute atomic E-state index is 0.0258. The summed E-state index contributed by atoms with van der Waals surface area (Å²) in [6.45, 7) is 1.22. The SMILES string of the molecule is COc1ccc(C(=O)Nc2ccc(I)cc2)cc1S(=O)(=O)N1CCOCC1. The molecule has 0 unspecified atom stereocenters. The van der Waals surface area contributed by atoms with E-state index in [1.807, 2.05) is 12.1 Å². The Balaban J connectivity index is 1.90. The summed E-state index contributed by atoms with van der Waals surface area (Å²) in [6.07, 6.45) is 0. The zero-order valence-corrected chi connectivity index (χ0v) is 17.6. The Morgan fingerprint density at radius 2 is 1.81 bits per heavy atom. The first kappa shape index (κ1) is 20.1. The smallest absolute Gasteiger partial charge is 0.255 e. The fourth-order valence-electron chi connectivity index (χ4n) is 2.68. The lowest BCUT2D eigenvalue weighted by molar-refractivity contribution is 0.0729. The molecule has 1 aliphatic heterocycles. The number of morpholine rings is 1. The summed E-state index contributed by atoms with van der Waals surface area (Å²) < 4.78 is 38.8. The average molecular weight is 502 g/mol. The van der Waals surface area contributed by atoms with Gasteiger partial charge in [-0.05, 0) is 65.1 Å². The van der Waals surface area contributed by atoms with Gasteiger partial charge in [0, 0.05) is 27.9 Å². The fourth-order valence-corrected chi connectivity index (χ4v) is 4.63. The lowest BCUT2D eigenvalue weighted by Gasteiger charge is -2.26. The Labute approximate surface area is 171 Å². The van der Waals surface area contributed by atoms with Gasteiger partial charge in [-0.15, -0.1) is 0 Å². The van der Waals surface area contributed by atoms with Crippen LogP contribution >= 0.6 is 22.6 Å². The molecule has 0 aromatic heterocycles. The van der Waals surface area contributed by atoms with Crippen LogP contribution < -0.4 is 10.1 Å². The van der Waals surface area contributed by atoms with Crippen LogP contribution in [0.15, 0.2) is 47.4 Å². The maximum absolute atomic E-state index is 13.0. The quantitative estimate of drug-likeness (QED) is 0.636. The first-order valence-electron chi connectivity index (χ1n) is 8.24. The maximum atomic E-state index is 13.0. The molecule has 0 saturated carbocycles. The minimum atomic E-state index is -3.79. The number of nitrogens with one attached hydrogen (secondary N) is 1. The van der Waals surface area contributed by atoms with E-state index >= 15 is 0 Å². The Bertz CT molecular complexity index is 925. The number of nitrogens with zero attached hydrogens (tertiary/aromatic N) is 1. The van der Waals surface area contributed by atoms with Crippen LogP contribution in [0.1, 0.15) is 10.4 Å². The van der Waals surface area contributed by atoms with Gasteiger partial charge in [-0.2, -0.15) is 4.31 Å². The van der Waals surface area contributed by atoms with Gasteiger partial charge in [0.15, 0.2) is 0 Å². The van der Waals surface area contributed by atoms with E-state index in [9.17, 15) is 13.2 Å². The zero-order chi connectivity index (χ0) is 19.4. The number of carbonyl (C=O) groups excluding carboxylic acids is 1. The molecular formula is C18H19IN2O5S. The second-order valence-corrected chi connectivity index (χ2v) is 9.00. The van der Waals surface area contributed by atoms with Crippen LogP contribution in [0.4, 0.5) is 5.69 Å².